The maximum atomic E-state index is 11.2. The van der Waals surface area contributed by atoms with E-state index in [4.69, 9.17) is 4.98 Å². The number of aliphatic hydroxyl groups is 1. The van der Waals surface area contributed by atoms with Crippen LogP contribution in [-0.2, 0) is 6.42 Å². The summed E-state index contributed by atoms with van der Waals surface area (Å²) >= 11 is 1.82. The maximum Gasteiger partial charge on any atom is 0.141 e. The minimum absolute atomic E-state index is 0.300. The number of thioether (sulfide) groups is 1. The van der Waals surface area contributed by atoms with Gasteiger partial charge in [-0.05, 0) is 55.8 Å². The summed E-state index contributed by atoms with van der Waals surface area (Å²) in [4.78, 5) is 7.28. The van der Waals surface area contributed by atoms with Crippen LogP contribution in [0.3, 0.4) is 0 Å². The van der Waals surface area contributed by atoms with Gasteiger partial charge < -0.3 is 5.11 Å². The molecular weight excluding hydrogens is 376 g/mol. The summed E-state index contributed by atoms with van der Waals surface area (Å²) in [6.07, 6.45) is 5.26. The highest BCUT2D eigenvalue weighted by Crippen LogP contribution is 2.35. The van der Waals surface area contributed by atoms with Gasteiger partial charge in [-0.1, -0.05) is 55.5 Å². The molecule has 0 radical (unpaired) electrons. The fourth-order valence-corrected chi connectivity index (χ4v) is 5.26. The molecule has 3 aliphatic rings. The van der Waals surface area contributed by atoms with Crippen molar-refractivity contribution < 1.29 is 5.11 Å². The number of fused-ring (bicyclic) bond motifs is 3. The topological polar surface area (TPSA) is 36.4 Å². The standard InChI is InChI=1S/C25H30N2OS/c1-2-3-17-29-24-10-9-21(23(26-24)18-20-7-5-4-6-8-20)11-14-25(28)19-27-15-12-22(25)13-16-27/h4-10,22,28H,2-3,12-13,15-19H2,1H3. The van der Waals surface area contributed by atoms with Crippen LogP contribution in [0.1, 0.15) is 49.4 Å². The van der Waals surface area contributed by atoms with Crippen molar-refractivity contribution in [2.24, 2.45) is 5.92 Å². The number of aromatic nitrogens is 1. The van der Waals surface area contributed by atoms with E-state index in [0.717, 1.165) is 54.4 Å². The van der Waals surface area contributed by atoms with Crippen molar-refractivity contribution in [2.45, 2.75) is 49.7 Å². The van der Waals surface area contributed by atoms with Gasteiger partial charge in [-0.3, -0.25) is 4.90 Å². The monoisotopic (exact) mass is 406 g/mol. The Morgan fingerprint density at radius 1 is 1.17 bits per heavy atom. The Labute approximate surface area is 178 Å². The molecule has 0 spiro atoms. The van der Waals surface area contributed by atoms with Gasteiger partial charge in [0.25, 0.3) is 0 Å². The fourth-order valence-electron chi connectivity index (χ4n) is 4.28. The van der Waals surface area contributed by atoms with Gasteiger partial charge in [-0.25, -0.2) is 4.98 Å². The Morgan fingerprint density at radius 2 is 1.97 bits per heavy atom. The van der Waals surface area contributed by atoms with E-state index in [0.29, 0.717) is 12.5 Å². The predicted octanol–water partition coefficient (Wildman–Crippen LogP) is 4.37. The number of nitrogens with zero attached hydrogens (tertiary/aromatic N) is 2. The highest BCUT2D eigenvalue weighted by molar-refractivity contribution is 7.99. The van der Waals surface area contributed by atoms with E-state index in [-0.39, 0.29) is 0 Å². The van der Waals surface area contributed by atoms with Crippen LogP contribution in [0.25, 0.3) is 0 Å². The average molecular weight is 407 g/mol. The van der Waals surface area contributed by atoms with E-state index in [1.807, 2.05) is 17.8 Å². The molecule has 0 saturated carbocycles. The predicted molar refractivity (Wildman–Crippen MR) is 120 cm³/mol. The number of unbranched alkanes of at least 4 members (excludes halogenated alkanes) is 1. The molecule has 1 atom stereocenters. The first kappa shape index (κ1) is 20.5. The largest absolute Gasteiger partial charge is 0.376 e. The van der Waals surface area contributed by atoms with Crippen LogP contribution < -0.4 is 0 Å². The van der Waals surface area contributed by atoms with Gasteiger partial charge in [0.1, 0.15) is 5.60 Å². The second-order valence-corrected chi connectivity index (χ2v) is 9.35. The zero-order valence-electron chi connectivity index (χ0n) is 17.2. The summed E-state index contributed by atoms with van der Waals surface area (Å²) in [5.74, 6) is 7.98. The molecule has 3 aliphatic heterocycles. The summed E-state index contributed by atoms with van der Waals surface area (Å²) in [5.41, 5.74) is 2.31. The number of hydrogen-bond acceptors (Lipinski definition) is 4. The Balaban J connectivity index is 1.60. The first-order chi connectivity index (χ1) is 14.2. The van der Waals surface area contributed by atoms with Crippen LogP contribution >= 0.6 is 11.8 Å². The minimum atomic E-state index is -0.880. The molecule has 4 heteroatoms. The third-order valence-electron chi connectivity index (χ3n) is 6.05. The van der Waals surface area contributed by atoms with Gasteiger partial charge in [-0.15, -0.1) is 11.8 Å². The van der Waals surface area contributed by atoms with Gasteiger partial charge in [0, 0.05) is 24.4 Å². The number of hydrogen-bond donors (Lipinski definition) is 1. The number of pyridine rings is 1. The quantitative estimate of drug-likeness (QED) is 0.439. The van der Waals surface area contributed by atoms with Gasteiger partial charge in [0.15, 0.2) is 0 Å². The number of rotatable bonds is 6. The fraction of sp³-hybridized carbons (Fsp3) is 0.480. The second kappa shape index (κ2) is 9.34. The molecule has 1 unspecified atom stereocenters. The van der Waals surface area contributed by atoms with Crippen LogP contribution in [0.2, 0.25) is 0 Å². The van der Waals surface area contributed by atoms with E-state index in [1.165, 1.54) is 18.4 Å². The molecule has 0 aliphatic carbocycles. The normalized spacial score (nSPS) is 25.4. The Morgan fingerprint density at radius 3 is 2.66 bits per heavy atom. The lowest BCUT2D eigenvalue weighted by Gasteiger charge is -2.47. The van der Waals surface area contributed by atoms with Crippen LogP contribution in [0.5, 0.6) is 0 Å². The van der Waals surface area contributed by atoms with Crippen molar-refractivity contribution in [3.63, 3.8) is 0 Å². The smallest absolute Gasteiger partial charge is 0.141 e. The summed E-state index contributed by atoms with van der Waals surface area (Å²) in [6, 6.07) is 14.6. The first-order valence-corrected chi connectivity index (χ1v) is 11.8. The van der Waals surface area contributed by atoms with Crippen LogP contribution in [0, 0.1) is 17.8 Å². The van der Waals surface area contributed by atoms with Crippen molar-refractivity contribution >= 4 is 11.8 Å². The summed E-state index contributed by atoms with van der Waals surface area (Å²) < 4.78 is 0. The third kappa shape index (κ3) is 5.04. The molecule has 1 N–H and O–H groups in total. The average Bonchev–Trinajstić information content (AvgIpc) is 2.75. The highest BCUT2D eigenvalue weighted by Gasteiger charge is 2.44. The van der Waals surface area contributed by atoms with E-state index in [1.54, 1.807) is 0 Å². The molecule has 1 aromatic carbocycles. The zero-order valence-corrected chi connectivity index (χ0v) is 18.0. The molecular formula is C25H30N2OS. The van der Waals surface area contributed by atoms with Gasteiger partial charge in [0.2, 0.25) is 0 Å². The molecule has 152 valence electrons. The van der Waals surface area contributed by atoms with Gasteiger partial charge in [0.05, 0.1) is 10.7 Å². The van der Waals surface area contributed by atoms with Crippen molar-refractivity contribution in [3.8, 4) is 11.8 Å². The number of benzene rings is 1. The van der Waals surface area contributed by atoms with E-state index in [2.05, 4.69) is 60.1 Å². The van der Waals surface area contributed by atoms with E-state index < -0.39 is 5.60 Å². The summed E-state index contributed by atoms with van der Waals surface area (Å²) in [5, 5.41) is 12.2. The highest BCUT2D eigenvalue weighted by atomic mass is 32.2. The molecule has 5 rings (SSSR count). The minimum Gasteiger partial charge on any atom is -0.376 e. The lowest BCUT2D eigenvalue weighted by molar-refractivity contribution is -0.0713. The molecule has 0 amide bonds. The molecule has 29 heavy (non-hydrogen) atoms. The molecule has 2 aromatic rings. The lowest BCUT2D eigenvalue weighted by Crippen LogP contribution is -2.58. The molecule has 1 aromatic heterocycles. The molecule has 3 saturated heterocycles. The molecule has 3 fully saturated rings. The lowest BCUT2D eigenvalue weighted by atomic mass is 9.75. The van der Waals surface area contributed by atoms with Crippen molar-refractivity contribution in [1.29, 1.82) is 0 Å². The molecule has 2 bridgehead atoms. The van der Waals surface area contributed by atoms with Crippen molar-refractivity contribution in [2.75, 3.05) is 25.4 Å². The van der Waals surface area contributed by atoms with Gasteiger partial charge >= 0.3 is 0 Å². The van der Waals surface area contributed by atoms with Crippen LogP contribution in [0.4, 0.5) is 0 Å². The molecule has 4 heterocycles. The Hall–Kier alpha value is -1.80. The van der Waals surface area contributed by atoms with Crippen molar-refractivity contribution in [1.82, 2.24) is 9.88 Å². The Bertz CT molecular complexity index is 881. The maximum absolute atomic E-state index is 11.2. The van der Waals surface area contributed by atoms with E-state index >= 15 is 0 Å². The first-order valence-electron chi connectivity index (χ1n) is 10.8. The number of piperidine rings is 3. The summed E-state index contributed by atoms with van der Waals surface area (Å²) in [7, 11) is 0. The zero-order chi connectivity index (χ0) is 20.1. The molecule has 3 nitrogen and oxygen atoms in total. The Kier molecular flexibility index (Phi) is 6.60. The SMILES string of the molecule is CCCCSc1ccc(C#CC2(O)CN3CCC2CC3)c(Cc2ccccc2)n1. The third-order valence-corrected chi connectivity index (χ3v) is 7.07. The van der Waals surface area contributed by atoms with E-state index in [9.17, 15) is 5.11 Å². The second-order valence-electron chi connectivity index (χ2n) is 8.23. The van der Waals surface area contributed by atoms with Crippen LogP contribution in [-0.4, -0.2) is 46.0 Å². The summed E-state index contributed by atoms with van der Waals surface area (Å²) in [6.45, 7) is 5.09. The van der Waals surface area contributed by atoms with Crippen molar-refractivity contribution in [3.05, 3.63) is 59.3 Å². The van der Waals surface area contributed by atoms with Gasteiger partial charge in [-0.2, -0.15) is 0 Å². The van der Waals surface area contributed by atoms with Crippen LogP contribution in [0.15, 0.2) is 47.5 Å².